The molecule has 1 saturated carbocycles. The molecule has 11 heteroatoms. The van der Waals surface area contributed by atoms with Crippen LogP contribution in [-0.2, 0) is 9.59 Å². The molecule has 1 aliphatic carbocycles. The molecule has 9 nitrogen and oxygen atoms in total. The van der Waals surface area contributed by atoms with Crippen LogP contribution in [0, 0.1) is 17.8 Å². The number of aromatic nitrogens is 2. The topological polar surface area (TPSA) is 131 Å². The highest BCUT2D eigenvalue weighted by Gasteiger charge is 2.61. The van der Waals surface area contributed by atoms with Crippen LogP contribution in [0.25, 0.3) is 5.69 Å². The molecule has 0 unspecified atom stereocenters. The Bertz CT molecular complexity index is 1200. The van der Waals surface area contributed by atoms with Crippen molar-refractivity contribution in [3.63, 3.8) is 0 Å². The van der Waals surface area contributed by atoms with Gasteiger partial charge in [-0.2, -0.15) is 5.10 Å². The number of hydrogen-bond acceptors (Lipinski definition) is 5. The summed E-state index contributed by atoms with van der Waals surface area (Å²) in [4.78, 5) is 37.2. The van der Waals surface area contributed by atoms with Gasteiger partial charge >= 0.3 is 0 Å². The second kappa shape index (κ2) is 7.42. The molecule has 0 bridgehead atoms. The van der Waals surface area contributed by atoms with Crippen LogP contribution >= 0.6 is 0 Å². The molecule has 4 N–H and O–H groups in total. The van der Waals surface area contributed by atoms with Gasteiger partial charge in [-0.1, -0.05) is 17.9 Å². The third-order valence-electron chi connectivity index (χ3n) is 5.38. The van der Waals surface area contributed by atoms with Crippen LogP contribution in [0.15, 0.2) is 30.5 Å². The van der Waals surface area contributed by atoms with Gasteiger partial charge in [-0.05, 0) is 18.2 Å². The fraction of sp³-hybridized carbons (Fsp3) is 0.333. The highest BCUT2D eigenvalue weighted by Crippen LogP contribution is 2.49. The SMILES string of the molecule is CN1CC[C@@](O)(C#Cc2cccc(-n3cc(NC(=O)[C@@H]4CC4(F)F)c(C(N)=O)n3)c2)C1=O. The maximum atomic E-state index is 13.2. The lowest BCUT2D eigenvalue weighted by molar-refractivity contribution is -0.137. The third kappa shape index (κ3) is 3.92. The molecular formula is C21H19F2N5O4. The summed E-state index contributed by atoms with van der Waals surface area (Å²) >= 11 is 0. The highest BCUT2D eigenvalue weighted by molar-refractivity contribution is 6.03. The van der Waals surface area contributed by atoms with Crippen LogP contribution in [-0.4, -0.2) is 62.6 Å². The van der Waals surface area contributed by atoms with Crippen molar-refractivity contribution < 1.29 is 28.3 Å². The molecule has 166 valence electrons. The first kappa shape index (κ1) is 21.5. The normalized spacial score (nSPS) is 23.4. The number of alkyl halides is 2. The molecule has 32 heavy (non-hydrogen) atoms. The van der Waals surface area contributed by atoms with Gasteiger partial charge in [0.1, 0.15) is 5.92 Å². The fourth-order valence-electron chi connectivity index (χ4n) is 3.37. The molecule has 0 spiro atoms. The third-order valence-corrected chi connectivity index (χ3v) is 5.38. The Kier molecular flexibility index (Phi) is 4.97. The quantitative estimate of drug-likeness (QED) is 0.593. The summed E-state index contributed by atoms with van der Waals surface area (Å²) in [5.41, 5.74) is 4.07. The monoisotopic (exact) mass is 443 g/mol. The summed E-state index contributed by atoms with van der Waals surface area (Å²) < 4.78 is 27.6. The molecule has 2 aromatic rings. The molecular weight excluding hydrogens is 424 g/mol. The molecule has 1 aromatic heterocycles. The molecule has 1 aliphatic heterocycles. The number of nitrogens with one attached hydrogen (secondary N) is 1. The van der Waals surface area contributed by atoms with Crippen molar-refractivity contribution in [2.45, 2.75) is 24.4 Å². The van der Waals surface area contributed by atoms with Gasteiger partial charge < -0.3 is 21.1 Å². The van der Waals surface area contributed by atoms with Gasteiger partial charge in [-0.25, -0.2) is 13.5 Å². The Hall–Kier alpha value is -3.78. The first-order valence-corrected chi connectivity index (χ1v) is 9.70. The predicted octanol–water partition coefficient (Wildman–Crippen LogP) is 0.510. The standard InChI is InChI=1S/C21H19F2N5O4/c1-27-8-7-20(32,19(27)31)6-5-12-3-2-4-13(9-12)28-11-15(16(26-28)17(24)29)25-18(30)14-10-21(14,22)23/h2-4,9,11,14,32H,7-8,10H2,1H3,(H2,24,29)(H,25,30)/t14-,20-/m0/s1. The second-order valence-electron chi connectivity index (χ2n) is 7.84. The van der Waals surface area contributed by atoms with Crippen molar-refractivity contribution in [1.29, 1.82) is 0 Å². The van der Waals surface area contributed by atoms with Crippen LogP contribution in [0.2, 0.25) is 0 Å². The number of carbonyl (C=O) groups excluding carboxylic acids is 3. The zero-order chi connectivity index (χ0) is 23.3. The number of hydrogen-bond donors (Lipinski definition) is 3. The van der Waals surface area contributed by atoms with Gasteiger partial charge in [-0.3, -0.25) is 14.4 Å². The first-order chi connectivity index (χ1) is 15.0. The van der Waals surface area contributed by atoms with Crippen molar-refractivity contribution in [2.24, 2.45) is 11.7 Å². The van der Waals surface area contributed by atoms with Gasteiger partial charge in [0.15, 0.2) is 5.69 Å². The van der Waals surface area contributed by atoms with Gasteiger partial charge in [0, 0.05) is 32.0 Å². The van der Waals surface area contributed by atoms with Crippen molar-refractivity contribution in [1.82, 2.24) is 14.7 Å². The summed E-state index contributed by atoms with van der Waals surface area (Å²) in [6.45, 7) is 0.397. The Morgan fingerprint density at radius 3 is 2.69 bits per heavy atom. The molecule has 4 rings (SSSR count). The van der Waals surface area contributed by atoms with E-state index >= 15 is 0 Å². The molecule has 2 atom stereocenters. The minimum atomic E-state index is -3.06. The molecule has 2 aliphatic rings. The fourth-order valence-corrected chi connectivity index (χ4v) is 3.37. The molecule has 3 amide bonds. The smallest absolute Gasteiger partial charge is 0.271 e. The van der Waals surface area contributed by atoms with Crippen LogP contribution in [0.4, 0.5) is 14.5 Å². The number of likely N-dealkylation sites (N-methyl/N-ethyl adjacent to an activating group) is 1. The minimum Gasteiger partial charge on any atom is -0.369 e. The number of anilines is 1. The van der Waals surface area contributed by atoms with E-state index in [1.54, 1.807) is 31.3 Å². The molecule has 1 aromatic carbocycles. The first-order valence-electron chi connectivity index (χ1n) is 9.70. The van der Waals surface area contributed by atoms with Crippen molar-refractivity contribution in [2.75, 3.05) is 18.9 Å². The summed E-state index contributed by atoms with van der Waals surface area (Å²) in [6, 6.07) is 6.50. The van der Waals surface area contributed by atoms with Crippen LogP contribution in [0.1, 0.15) is 28.9 Å². The number of likely N-dealkylation sites (tertiary alicyclic amines) is 1. The van der Waals surface area contributed by atoms with Gasteiger partial charge in [0.25, 0.3) is 17.7 Å². The number of benzene rings is 1. The van der Waals surface area contributed by atoms with E-state index in [4.69, 9.17) is 5.73 Å². The number of carbonyl (C=O) groups is 3. The average molecular weight is 443 g/mol. The Morgan fingerprint density at radius 2 is 2.09 bits per heavy atom. The number of halogens is 2. The lowest BCUT2D eigenvalue weighted by Crippen LogP contribution is -2.37. The maximum Gasteiger partial charge on any atom is 0.271 e. The Morgan fingerprint density at radius 1 is 1.38 bits per heavy atom. The number of primary amides is 1. The molecule has 1 saturated heterocycles. The predicted molar refractivity (Wildman–Crippen MR) is 108 cm³/mol. The van der Waals surface area contributed by atoms with Crippen molar-refractivity contribution in [3.8, 4) is 17.5 Å². The number of nitrogens with two attached hydrogens (primary N) is 1. The van der Waals surface area contributed by atoms with Gasteiger partial charge in [0.2, 0.25) is 11.5 Å². The number of nitrogens with zero attached hydrogens (tertiary/aromatic N) is 3. The van der Waals surface area contributed by atoms with E-state index in [1.807, 2.05) is 0 Å². The van der Waals surface area contributed by atoms with Crippen molar-refractivity contribution >= 4 is 23.4 Å². The highest BCUT2D eigenvalue weighted by atomic mass is 19.3. The molecule has 2 heterocycles. The minimum absolute atomic E-state index is 0.0874. The lowest BCUT2D eigenvalue weighted by Gasteiger charge is -2.13. The molecule has 0 radical (unpaired) electrons. The largest absolute Gasteiger partial charge is 0.369 e. The van der Waals surface area contributed by atoms with E-state index in [1.165, 1.54) is 15.8 Å². The van der Waals surface area contributed by atoms with E-state index in [0.717, 1.165) is 0 Å². The summed E-state index contributed by atoms with van der Waals surface area (Å²) in [6.07, 6.45) is 0.928. The Balaban J connectivity index is 1.60. The van der Waals surface area contributed by atoms with Gasteiger partial charge in [-0.15, -0.1) is 0 Å². The number of rotatable bonds is 4. The van der Waals surface area contributed by atoms with E-state index in [9.17, 15) is 28.3 Å². The average Bonchev–Trinajstić information content (AvgIpc) is 3.07. The molecule has 2 fully saturated rings. The van der Waals surface area contributed by atoms with Crippen LogP contribution in [0.3, 0.4) is 0 Å². The van der Waals surface area contributed by atoms with E-state index < -0.39 is 41.6 Å². The van der Waals surface area contributed by atoms with Crippen LogP contribution < -0.4 is 11.1 Å². The number of aliphatic hydroxyl groups is 1. The van der Waals surface area contributed by atoms with E-state index in [0.29, 0.717) is 17.8 Å². The Labute approximate surface area is 181 Å². The summed E-state index contributed by atoms with van der Waals surface area (Å²) in [5, 5.41) is 16.8. The maximum absolute atomic E-state index is 13.2. The van der Waals surface area contributed by atoms with Crippen LogP contribution in [0.5, 0.6) is 0 Å². The van der Waals surface area contributed by atoms with E-state index in [2.05, 4.69) is 22.3 Å². The van der Waals surface area contributed by atoms with Gasteiger partial charge in [0.05, 0.1) is 17.6 Å². The summed E-state index contributed by atoms with van der Waals surface area (Å²) in [7, 11) is 1.58. The summed E-state index contributed by atoms with van der Waals surface area (Å²) in [5.74, 6) is -1.47. The zero-order valence-corrected chi connectivity index (χ0v) is 16.9. The second-order valence-corrected chi connectivity index (χ2v) is 7.84. The van der Waals surface area contributed by atoms with Crippen molar-refractivity contribution in [3.05, 3.63) is 41.7 Å². The zero-order valence-electron chi connectivity index (χ0n) is 16.9. The number of amides is 3. The van der Waals surface area contributed by atoms with E-state index in [-0.39, 0.29) is 17.8 Å². The lowest BCUT2D eigenvalue weighted by atomic mass is 10.0.